The van der Waals surface area contributed by atoms with Gasteiger partial charge in [0.05, 0.1) is 17.3 Å². The van der Waals surface area contributed by atoms with Crippen molar-refractivity contribution in [2.45, 2.75) is 13.8 Å². The molecule has 0 saturated carbocycles. The number of aryl methyl sites for hydroxylation is 2. The van der Waals surface area contributed by atoms with Gasteiger partial charge < -0.3 is 0 Å². The van der Waals surface area contributed by atoms with Gasteiger partial charge in [0, 0.05) is 10.6 Å². The van der Waals surface area contributed by atoms with E-state index in [1.165, 1.54) is 11.9 Å². The zero-order valence-electron chi connectivity index (χ0n) is 15.3. The third-order valence-corrected chi connectivity index (χ3v) is 4.56. The van der Waals surface area contributed by atoms with Crippen molar-refractivity contribution < 1.29 is 4.79 Å². The van der Waals surface area contributed by atoms with Crippen LogP contribution in [0, 0.1) is 13.8 Å². The van der Waals surface area contributed by atoms with E-state index in [1.54, 1.807) is 35.1 Å². The third-order valence-electron chi connectivity index (χ3n) is 4.33. The standard InChI is InChI=1S/C20H17ClN6O/c1-12-6-7-17(13(2)8-12)27-19-16(10-24-27)18(22-11-23-19)25-26-20(28)14-4-3-5-15(21)9-14/h3-11H,1-2H3,(H,26,28)(H,22,23,25). The lowest BCUT2D eigenvalue weighted by atomic mass is 10.1. The van der Waals surface area contributed by atoms with E-state index in [0.717, 1.165) is 11.3 Å². The summed E-state index contributed by atoms with van der Waals surface area (Å²) in [7, 11) is 0. The molecule has 0 spiro atoms. The van der Waals surface area contributed by atoms with E-state index in [0.29, 0.717) is 27.4 Å². The Labute approximate surface area is 166 Å². The molecule has 2 N–H and O–H groups in total. The molecule has 2 aromatic carbocycles. The highest BCUT2D eigenvalue weighted by molar-refractivity contribution is 6.30. The first-order valence-electron chi connectivity index (χ1n) is 8.61. The largest absolute Gasteiger partial charge is 0.281 e. The van der Waals surface area contributed by atoms with E-state index >= 15 is 0 Å². The molecule has 7 nitrogen and oxygen atoms in total. The smallest absolute Gasteiger partial charge is 0.269 e. The predicted molar refractivity (Wildman–Crippen MR) is 109 cm³/mol. The van der Waals surface area contributed by atoms with Gasteiger partial charge in [-0.2, -0.15) is 5.10 Å². The molecule has 0 atom stereocenters. The van der Waals surface area contributed by atoms with Gasteiger partial charge in [-0.05, 0) is 43.7 Å². The summed E-state index contributed by atoms with van der Waals surface area (Å²) in [5.41, 5.74) is 9.76. The van der Waals surface area contributed by atoms with Crippen molar-refractivity contribution in [3.05, 3.63) is 76.7 Å². The summed E-state index contributed by atoms with van der Waals surface area (Å²) in [6.07, 6.45) is 3.10. The Morgan fingerprint density at radius 1 is 1.11 bits per heavy atom. The van der Waals surface area contributed by atoms with Crippen molar-refractivity contribution in [3.63, 3.8) is 0 Å². The van der Waals surface area contributed by atoms with Crippen molar-refractivity contribution in [1.29, 1.82) is 0 Å². The van der Waals surface area contributed by atoms with Crippen LogP contribution in [0.25, 0.3) is 16.7 Å². The molecule has 0 aliphatic carbocycles. The molecule has 140 valence electrons. The van der Waals surface area contributed by atoms with Crippen LogP contribution >= 0.6 is 11.6 Å². The zero-order valence-corrected chi connectivity index (χ0v) is 16.0. The summed E-state index contributed by atoms with van der Waals surface area (Å²) in [5, 5.41) is 5.64. The summed E-state index contributed by atoms with van der Waals surface area (Å²) < 4.78 is 1.76. The molecule has 0 radical (unpaired) electrons. The molecule has 0 fully saturated rings. The van der Waals surface area contributed by atoms with Gasteiger partial charge in [-0.25, -0.2) is 14.6 Å². The number of hydrogen-bond donors (Lipinski definition) is 2. The molecule has 4 rings (SSSR count). The number of fused-ring (bicyclic) bond motifs is 1. The molecule has 0 bridgehead atoms. The number of aromatic nitrogens is 4. The number of carbonyl (C=O) groups is 1. The van der Waals surface area contributed by atoms with E-state index in [1.807, 2.05) is 26.0 Å². The Hall–Kier alpha value is -3.45. The maximum Gasteiger partial charge on any atom is 0.269 e. The molecular weight excluding hydrogens is 376 g/mol. The maximum atomic E-state index is 12.3. The molecule has 2 heterocycles. The van der Waals surface area contributed by atoms with E-state index in [9.17, 15) is 4.79 Å². The van der Waals surface area contributed by atoms with Crippen molar-refractivity contribution in [2.24, 2.45) is 0 Å². The Morgan fingerprint density at radius 3 is 2.75 bits per heavy atom. The SMILES string of the molecule is Cc1ccc(-n2ncc3c(NNC(=O)c4cccc(Cl)c4)ncnc32)c(C)c1. The first-order valence-corrected chi connectivity index (χ1v) is 8.99. The summed E-state index contributed by atoms with van der Waals surface area (Å²) in [6, 6.07) is 12.8. The highest BCUT2D eigenvalue weighted by Crippen LogP contribution is 2.23. The van der Waals surface area contributed by atoms with Crippen molar-refractivity contribution >= 4 is 34.4 Å². The maximum absolute atomic E-state index is 12.3. The van der Waals surface area contributed by atoms with Crippen LogP contribution in [0.15, 0.2) is 55.0 Å². The second kappa shape index (κ2) is 7.28. The van der Waals surface area contributed by atoms with E-state index in [-0.39, 0.29) is 5.91 Å². The van der Waals surface area contributed by atoms with Gasteiger partial charge in [0.2, 0.25) is 0 Å². The normalized spacial score (nSPS) is 10.8. The summed E-state index contributed by atoms with van der Waals surface area (Å²) in [5.74, 6) is 0.132. The van der Waals surface area contributed by atoms with Crippen molar-refractivity contribution in [3.8, 4) is 5.69 Å². The minimum absolute atomic E-state index is 0.323. The average Bonchev–Trinajstić information content (AvgIpc) is 3.10. The number of benzene rings is 2. The van der Waals surface area contributed by atoms with Crippen molar-refractivity contribution in [2.75, 3.05) is 5.43 Å². The molecule has 4 aromatic rings. The van der Waals surface area contributed by atoms with Gasteiger partial charge in [0.15, 0.2) is 11.5 Å². The van der Waals surface area contributed by atoms with E-state index in [4.69, 9.17) is 11.6 Å². The van der Waals surface area contributed by atoms with Gasteiger partial charge in [0.25, 0.3) is 5.91 Å². The van der Waals surface area contributed by atoms with E-state index in [2.05, 4.69) is 32.0 Å². The number of halogens is 1. The van der Waals surface area contributed by atoms with Crippen LogP contribution in [0.3, 0.4) is 0 Å². The minimum Gasteiger partial charge on any atom is -0.281 e. The first kappa shape index (κ1) is 17.9. The Morgan fingerprint density at radius 2 is 1.96 bits per heavy atom. The number of carbonyl (C=O) groups excluding carboxylic acids is 1. The topological polar surface area (TPSA) is 84.7 Å². The molecule has 8 heteroatoms. The number of amides is 1. The lowest BCUT2D eigenvalue weighted by Gasteiger charge is -2.10. The van der Waals surface area contributed by atoms with Crippen LogP contribution < -0.4 is 10.9 Å². The van der Waals surface area contributed by atoms with Crippen LogP contribution in [-0.2, 0) is 0 Å². The summed E-state index contributed by atoms with van der Waals surface area (Å²) >= 11 is 5.94. The fourth-order valence-corrected chi connectivity index (χ4v) is 3.17. The first-order chi connectivity index (χ1) is 13.5. The number of hydrogen-bond acceptors (Lipinski definition) is 5. The van der Waals surface area contributed by atoms with Crippen LogP contribution in [0.4, 0.5) is 5.82 Å². The number of nitrogens with zero attached hydrogens (tertiary/aromatic N) is 4. The Kier molecular flexibility index (Phi) is 4.67. The van der Waals surface area contributed by atoms with Crippen LogP contribution in [-0.4, -0.2) is 25.7 Å². The minimum atomic E-state index is -0.323. The van der Waals surface area contributed by atoms with Gasteiger partial charge in [0.1, 0.15) is 6.33 Å². The Bertz CT molecular complexity index is 1190. The summed E-state index contributed by atoms with van der Waals surface area (Å²) in [4.78, 5) is 20.9. The third kappa shape index (κ3) is 3.39. The number of rotatable bonds is 4. The zero-order chi connectivity index (χ0) is 19.7. The van der Waals surface area contributed by atoms with Crippen molar-refractivity contribution in [1.82, 2.24) is 25.2 Å². The molecule has 0 aliphatic heterocycles. The molecule has 2 aromatic heterocycles. The monoisotopic (exact) mass is 392 g/mol. The van der Waals surface area contributed by atoms with Crippen LogP contribution in [0.2, 0.25) is 5.02 Å². The highest BCUT2D eigenvalue weighted by Gasteiger charge is 2.13. The fourth-order valence-electron chi connectivity index (χ4n) is 2.98. The van der Waals surface area contributed by atoms with Gasteiger partial charge in [-0.15, -0.1) is 0 Å². The van der Waals surface area contributed by atoms with E-state index < -0.39 is 0 Å². The van der Waals surface area contributed by atoms with Crippen LogP contribution in [0.1, 0.15) is 21.5 Å². The predicted octanol–water partition coefficient (Wildman–Crippen LogP) is 3.84. The number of anilines is 1. The lowest BCUT2D eigenvalue weighted by molar-refractivity contribution is 0.0962. The van der Waals surface area contributed by atoms with Gasteiger partial charge in [-0.1, -0.05) is 35.4 Å². The molecular formula is C20H17ClN6O. The number of nitrogens with one attached hydrogen (secondary N) is 2. The quantitative estimate of drug-likeness (QED) is 0.515. The molecule has 0 unspecified atom stereocenters. The van der Waals surface area contributed by atoms with Gasteiger partial charge in [-0.3, -0.25) is 15.6 Å². The second-order valence-corrected chi connectivity index (χ2v) is 6.83. The Balaban J connectivity index is 1.62. The highest BCUT2D eigenvalue weighted by atomic mass is 35.5. The lowest BCUT2D eigenvalue weighted by Crippen LogP contribution is -2.29. The molecule has 0 saturated heterocycles. The van der Waals surface area contributed by atoms with Gasteiger partial charge >= 0.3 is 0 Å². The number of hydrazine groups is 1. The molecule has 1 amide bonds. The average molecular weight is 393 g/mol. The second-order valence-electron chi connectivity index (χ2n) is 6.40. The molecule has 0 aliphatic rings. The summed E-state index contributed by atoms with van der Waals surface area (Å²) in [6.45, 7) is 4.08. The van der Waals surface area contributed by atoms with Crippen LogP contribution in [0.5, 0.6) is 0 Å². The fraction of sp³-hybridized carbons (Fsp3) is 0.100. The molecule has 28 heavy (non-hydrogen) atoms.